The zero-order valence-electron chi connectivity index (χ0n) is 19.7. The smallest absolute Gasteiger partial charge is 0.261 e. The van der Waals surface area contributed by atoms with Crippen LogP contribution < -0.4 is 10.1 Å². The van der Waals surface area contributed by atoms with Gasteiger partial charge in [-0.1, -0.05) is 66.2 Å². The average molecular weight is 511 g/mol. The number of benzene rings is 3. The maximum Gasteiger partial charge on any atom is 0.261 e. The zero-order chi connectivity index (χ0) is 25.3. The van der Waals surface area contributed by atoms with Crippen molar-refractivity contribution < 1.29 is 23.5 Å². The van der Waals surface area contributed by atoms with E-state index in [1.165, 1.54) is 17.0 Å². The Bertz CT molecular complexity index is 1150. The molecule has 0 aromatic heterocycles. The Morgan fingerprint density at radius 1 is 1.06 bits per heavy atom. The van der Waals surface area contributed by atoms with Gasteiger partial charge in [0.05, 0.1) is 11.1 Å². The number of amides is 2. The lowest BCUT2D eigenvalue weighted by Gasteiger charge is -2.32. The van der Waals surface area contributed by atoms with E-state index in [1.807, 2.05) is 18.2 Å². The molecule has 1 fully saturated rings. The van der Waals surface area contributed by atoms with Gasteiger partial charge in [0.15, 0.2) is 6.61 Å². The van der Waals surface area contributed by atoms with E-state index in [4.69, 9.17) is 21.1 Å². The third-order valence-corrected chi connectivity index (χ3v) is 6.29. The van der Waals surface area contributed by atoms with Crippen molar-refractivity contribution in [3.63, 3.8) is 0 Å². The number of ether oxygens (including phenoxy) is 2. The van der Waals surface area contributed by atoms with Gasteiger partial charge >= 0.3 is 0 Å². The molecule has 0 saturated carbocycles. The van der Waals surface area contributed by atoms with Crippen molar-refractivity contribution in [1.29, 1.82) is 0 Å². The molecule has 188 valence electrons. The minimum Gasteiger partial charge on any atom is -0.482 e. The van der Waals surface area contributed by atoms with Gasteiger partial charge in [0.2, 0.25) is 5.91 Å². The zero-order valence-corrected chi connectivity index (χ0v) is 20.5. The van der Waals surface area contributed by atoms with Gasteiger partial charge < -0.3 is 19.7 Å². The fourth-order valence-corrected chi connectivity index (χ4v) is 4.31. The molecule has 0 aliphatic carbocycles. The SMILES string of the molecule is O=C(NC[C@H]1CCCO1)[C@@H](c1ccccc1)N(Cc1ccc(F)cc1)C(=O)COc1ccccc1Cl. The Morgan fingerprint density at radius 2 is 1.78 bits per heavy atom. The Morgan fingerprint density at radius 3 is 2.47 bits per heavy atom. The molecule has 1 heterocycles. The number of para-hydroxylation sites is 1. The summed E-state index contributed by atoms with van der Waals surface area (Å²) in [4.78, 5) is 28.5. The topological polar surface area (TPSA) is 67.9 Å². The molecular formula is C28H28ClFN2O4. The van der Waals surface area contributed by atoms with Gasteiger partial charge in [-0.3, -0.25) is 9.59 Å². The van der Waals surface area contributed by atoms with Gasteiger partial charge in [0.25, 0.3) is 5.91 Å². The second-order valence-electron chi connectivity index (χ2n) is 8.56. The molecule has 1 N–H and O–H groups in total. The number of hydrogen-bond acceptors (Lipinski definition) is 4. The van der Waals surface area contributed by atoms with Crippen molar-refractivity contribution in [2.75, 3.05) is 19.8 Å². The van der Waals surface area contributed by atoms with Gasteiger partial charge in [-0.25, -0.2) is 4.39 Å². The summed E-state index contributed by atoms with van der Waals surface area (Å²) in [7, 11) is 0. The fraction of sp³-hybridized carbons (Fsp3) is 0.286. The number of nitrogens with one attached hydrogen (secondary N) is 1. The monoisotopic (exact) mass is 510 g/mol. The molecule has 4 rings (SSSR count). The summed E-state index contributed by atoms with van der Waals surface area (Å²) in [5.74, 6) is -0.758. The summed E-state index contributed by atoms with van der Waals surface area (Å²) in [6.45, 7) is 0.791. The maximum atomic E-state index is 13.6. The highest BCUT2D eigenvalue weighted by Gasteiger charge is 2.32. The first kappa shape index (κ1) is 25.7. The Labute approximate surface area is 215 Å². The van der Waals surface area contributed by atoms with Crippen molar-refractivity contribution in [3.05, 3.63) is 101 Å². The van der Waals surface area contributed by atoms with E-state index >= 15 is 0 Å². The first-order chi connectivity index (χ1) is 17.5. The highest BCUT2D eigenvalue weighted by atomic mass is 35.5. The van der Waals surface area contributed by atoms with Crippen LogP contribution in [0.3, 0.4) is 0 Å². The lowest BCUT2D eigenvalue weighted by molar-refractivity contribution is -0.143. The van der Waals surface area contributed by atoms with E-state index in [0.29, 0.717) is 35.1 Å². The van der Waals surface area contributed by atoms with E-state index in [2.05, 4.69) is 5.32 Å². The van der Waals surface area contributed by atoms with Crippen molar-refractivity contribution in [2.45, 2.75) is 31.5 Å². The predicted molar refractivity (Wildman–Crippen MR) is 135 cm³/mol. The molecule has 8 heteroatoms. The summed E-state index contributed by atoms with van der Waals surface area (Å²) in [5, 5.41) is 3.34. The van der Waals surface area contributed by atoms with Crippen LogP contribution >= 0.6 is 11.6 Å². The van der Waals surface area contributed by atoms with E-state index in [0.717, 1.165) is 12.8 Å². The first-order valence-electron chi connectivity index (χ1n) is 11.9. The van der Waals surface area contributed by atoms with Gasteiger partial charge in [0, 0.05) is 19.7 Å². The number of hydrogen-bond donors (Lipinski definition) is 1. The van der Waals surface area contributed by atoms with Crippen LogP contribution in [0.2, 0.25) is 5.02 Å². The molecule has 1 aliphatic heterocycles. The summed E-state index contributed by atoms with van der Waals surface area (Å²) in [6.07, 6.45) is 1.78. The molecule has 0 radical (unpaired) electrons. The maximum absolute atomic E-state index is 13.6. The van der Waals surface area contributed by atoms with Crippen LogP contribution in [0, 0.1) is 5.82 Å². The molecule has 36 heavy (non-hydrogen) atoms. The van der Waals surface area contributed by atoms with Crippen LogP contribution in [-0.2, 0) is 20.9 Å². The molecule has 3 aromatic carbocycles. The molecule has 1 aliphatic rings. The van der Waals surface area contributed by atoms with Crippen molar-refractivity contribution >= 4 is 23.4 Å². The molecule has 0 unspecified atom stereocenters. The average Bonchev–Trinajstić information content (AvgIpc) is 3.42. The number of carbonyl (C=O) groups excluding carboxylic acids is 2. The molecule has 2 amide bonds. The number of nitrogens with zero attached hydrogens (tertiary/aromatic N) is 1. The van der Waals surface area contributed by atoms with Crippen LogP contribution in [0.25, 0.3) is 0 Å². The summed E-state index contributed by atoms with van der Waals surface area (Å²) < 4.78 is 24.9. The van der Waals surface area contributed by atoms with Crippen LogP contribution in [0.4, 0.5) is 4.39 Å². The number of halogens is 2. The van der Waals surface area contributed by atoms with Crippen LogP contribution in [0.1, 0.15) is 30.0 Å². The van der Waals surface area contributed by atoms with E-state index in [9.17, 15) is 14.0 Å². The molecule has 3 aromatic rings. The number of carbonyl (C=O) groups is 2. The third kappa shape index (κ3) is 6.83. The lowest BCUT2D eigenvalue weighted by atomic mass is 10.0. The van der Waals surface area contributed by atoms with Crippen LogP contribution in [0.5, 0.6) is 5.75 Å². The Kier molecular flexibility index (Phi) is 8.92. The number of rotatable bonds is 10. The summed E-state index contributed by atoms with van der Waals surface area (Å²) in [6, 6.07) is 20.9. The van der Waals surface area contributed by atoms with Crippen molar-refractivity contribution in [3.8, 4) is 5.75 Å². The minimum atomic E-state index is -0.931. The third-order valence-electron chi connectivity index (χ3n) is 5.98. The normalized spacial score (nSPS) is 15.8. The standard InChI is InChI=1S/C28H28ClFN2O4/c29-24-10-4-5-11-25(24)36-19-26(33)32(18-20-12-14-22(30)15-13-20)27(21-7-2-1-3-8-21)28(34)31-17-23-9-6-16-35-23/h1-5,7-8,10-15,23,27H,6,9,16-19H2,(H,31,34)/t23-,27-/m1/s1. The largest absolute Gasteiger partial charge is 0.482 e. The van der Waals surface area contributed by atoms with Gasteiger partial charge in [-0.05, 0) is 48.2 Å². The molecular weight excluding hydrogens is 483 g/mol. The van der Waals surface area contributed by atoms with Gasteiger partial charge in [-0.2, -0.15) is 0 Å². The van der Waals surface area contributed by atoms with Crippen molar-refractivity contribution in [2.24, 2.45) is 0 Å². The molecule has 0 spiro atoms. The van der Waals surface area contributed by atoms with E-state index < -0.39 is 11.9 Å². The summed E-state index contributed by atoms with van der Waals surface area (Å²) in [5.41, 5.74) is 1.32. The molecule has 1 saturated heterocycles. The Balaban J connectivity index is 1.61. The van der Waals surface area contributed by atoms with Crippen LogP contribution in [0.15, 0.2) is 78.9 Å². The Hall–Kier alpha value is -3.42. The van der Waals surface area contributed by atoms with Gasteiger partial charge in [-0.15, -0.1) is 0 Å². The second kappa shape index (κ2) is 12.5. The summed E-state index contributed by atoms with van der Waals surface area (Å²) >= 11 is 6.18. The highest BCUT2D eigenvalue weighted by molar-refractivity contribution is 6.32. The predicted octanol–water partition coefficient (Wildman–Crippen LogP) is 4.92. The lowest BCUT2D eigenvalue weighted by Crippen LogP contribution is -2.46. The molecule has 2 atom stereocenters. The second-order valence-corrected chi connectivity index (χ2v) is 8.97. The molecule has 6 nitrogen and oxygen atoms in total. The highest BCUT2D eigenvalue weighted by Crippen LogP contribution is 2.26. The fourth-order valence-electron chi connectivity index (χ4n) is 4.12. The molecule has 0 bridgehead atoms. The van der Waals surface area contributed by atoms with E-state index in [-0.39, 0.29) is 31.0 Å². The van der Waals surface area contributed by atoms with Crippen LogP contribution in [-0.4, -0.2) is 42.6 Å². The first-order valence-corrected chi connectivity index (χ1v) is 12.2. The van der Waals surface area contributed by atoms with Crippen molar-refractivity contribution in [1.82, 2.24) is 10.2 Å². The quantitative estimate of drug-likeness (QED) is 0.420. The van der Waals surface area contributed by atoms with Gasteiger partial charge in [0.1, 0.15) is 17.6 Å². The van der Waals surface area contributed by atoms with E-state index in [1.54, 1.807) is 48.5 Å². The minimum absolute atomic E-state index is 0.0461.